The number of nitrogens with zero attached hydrogens (tertiary/aromatic N) is 5. The van der Waals surface area contributed by atoms with Gasteiger partial charge in [-0.15, -0.1) is 0 Å². The topological polar surface area (TPSA) is 61.2 Å². The summed E-state index contributed by atoms with van der Waals surface area (Å²) in [5.41, 5.74) is 2.49. The molecule has 3 heterocycles. The van der Waals surface area contributed by atoms with Crippen LogP contribution in [0.25, 0.3) is 5.65 Å². The van der Waals surface area contributed by atoms with Crippen LogP contribution >= 0.6 is 0 Å². The van der Waals surface area contributed by atoms with Gasteiger partial charge >= 0.3 is 0 Å². The zero-order valence-corrected chi connectivity index (χ0v) is 16.5. The van der Waals surface area contributed by atoms with E-state index in [1.165, 1.54) is 0 Å². The van der Waals surface area contributed by atoms with Crippen molar-refractivity contribution in [2.24, 2.45) is 0 Å². The van der Waals surface area contributed by atoms with Crippen LogP contribution in [-0.2, 0) is 11.3 Å². The zero-order valence-electron chi connectivity index (χ0n) is 16.5. The van der Waals surface area contributed by atoms with E-state index in [0.29, 0.717) is 13.1 Å². The van der Waals surface area contributed by atoms with Gasteiger partial charge in [0.15, 0.2) is 0 Å². The molecule has 0 aliphatic carbocycles. The highest BCUT2D eigenvalue weighted by atomic mass is 16.2. The Morgan fingerprint density at radius 3 is 2.48 bits per heavy atom. The predicted molar refractivity (Wildman–Crippen MR) is 106 cm³/mol. The molecule has 7 heteroatoms. The molecule has 0 saturated carbocycles. The van der Waals surface area contributed by atoms with Crippen LogP contribution in [-0.4, -0.2) is 75.8 Å². The van der Waals surface area contributed by atoms with E-state index in [-0.39, 0.29) is 11.5 Å². The van der Waals surface area contributed by atoms with Crippen molar-refractivity contribution in [1.82, 2.24) is 24.1 Å². The maximum absolute atomic E-state index is 12.3. The highest BCUT2D eigenvalue weighted by molar-refractivity contribution is 5.78. The third-order valence-electron chi connectivity index (χ3n) is 5.26. The van der Waals surface area contributed by atoms with Crippen LogP contribution in [0.4, 0.5) is 0 Å². The molecule has 2 aromatic rings. The summed E-state index contributed by atoms with van der Waals surface area (Å²) in [4.78, 5) is 35.7. The fraction of sp³-hybridized carbons (Fsp3) is 0.550. The van der Waals surface area contributed by atoms with Crippen molar-refractivity contribution in [3.05, 3.63) is 46.0 Å². The van der Waals surface area contributed by atoms with Gasteiger partial charge in [-0.05, 0) is 32.4 Å². The van der Waals surface area contributed by atoms with Gasteiger partial charge in [-0.25, -0.2) is 4.98 Å². The molecule has 7 nitrogen and oxygen atoms in total. The second-order valence-electron chi connectivity index (χ2n) is 7.09. The summed E-state index contributed by atoms with van der Waals surface area (Å²) in [5.74, 6) is 0.202. The largest absolute Gasteiger partial charge is 0.342 e. The molecule has 0 bridgehead atoms. The van der Waals surface area contributed by atoms with Gasteiger partial charge in [0.2, 0.25) is 5.91 Å². The molecule has 1 aliphatic heterocycles. The van der Waals surface area contributed by atoms with Crippen molar-refractivity contribution in [2.45, 2.75) is 27.3 Å². The van der Waals surface area contributed by atoms with Crippen LogP contribution in [0, 0.1) is 6.92 Å². The minimum atomic E-state index is -0.0397. The number of carbonyl (C=O) groups excluding carboxylic acids is 1. The van der Waals surface area contributed by atoms with Crippen molar-refractivity contribution in [3.8, 4) is 0 Å². The third kappa shape index (κ3) is 4.54. The van der Waals surface area contributed by atoms with Crippen LogP contribution in [0.5, 0.6) is 0 Å². The number of piperazine rings is 1. The summed E-state index contributed by atoms with van der Waals surface area (Å²) >= 11 is 0. The van der Waals surface area contributed by atoms with Gasteiger partial charge < -0.3 is 4.90 Å². The minimum Gasteiger partial charge on any atom is -0.342 e. The summed E-state index contributed by atoms with van der Waals surface area (Å²) in [7, 11) is 0. The molecule has 146 valence electrons. The maximum Gasteiger partial charge on any atom is 0.258 e. The standard InChI is InChI=1S/C20H29N5O2/c1-4-24(5-2)19(27)15-23-11-9-22(10-12-23)14-17-13-18(26)25-8-6-7-16(3)20(25)21-17/h6-8,13H,4-5,9-12,14-15H2,1-3H3. The highest BCUT2D eigenvalue weighted by Gasteiger charge is 2.21. The van der Waals surface area contributed by atoms with Gasteiger partial charge in [0.25, 0.3) is 5.56 Å². The van der Waals surface area contributed by atoms with E-state index in [1.54, 1.807) is 16.7 Å². The first-order chi connectivity index (χ1) is 13.0. The lowest BCUT2D eigenvalue weighted by molar-refractivity contribution is -0.132. The van der Waals surface area contributed by atoms with E-state index in [4.69, 9.17) is 0 Å². The Kier molecular flexibility index (Phi) is 6.23. The summed E-state index contributed by atoms with van der Waals surface area (Å²) < 4.78 is 1.59. The van der Waals surface area contributed by atoms with E-state index in [1.807, 2.05) is 37.8 Å². The van der Waals surface area contributed by atoms with Crippen molar-refractivity contribution in [3.63, 3.8) is 0 Å². The van der Waals surface area contributed by atoms with Gasteiger partial charge in [0.05, 0.1) is 12.2 Å². The minimum absolute atomic E-state index is 0.0397. The number of aryl methyl sites for hydroxylation is 1. The Bertz CT molecular complexity index is 851. The molecule has 0 atom stereocenters. The van der Waals surface area contributed by atoms with Gasteiger partial charge in [-0.3, -0.25) is 23.8 Å². The van der Waals surface area contributed by atoms with Crippen LogP contribution in [0.1, 0.15) is 25.1 Å². The Labute approximate surface area is 160 Å². The molecule has 0 unspecified atom stereocenters. The SMILES string of the molecule is CCN(CC)C(=O)CN1CCN(Cc2cc(=O)n3cccc(C)c3n2)CC1. The lowest BCUT2D eigenvalue weighted by Crippen LogP contribution is -2.49. The number of amides is 1. The molecule has 1 fully saturated rings. The molecule has 0 N–H and O–H groups in total. The quantitative estimate of drug-likeness (QED) is 0.758. The highest BCUT2D eigenvalue weighted by Crippen LogP contribution is 2.10. The smallest absolute Gasteiger partial charge is 0.258 e. The number of carbonyl (C=O) groups is 1. The van der Waals surface area contributed by atoms with Crippen molar-refractivity contribution in [1.29, 1.82) is 0 Å². The predicted octanol–water partition coefficient (Wildman–Crippen LogP) is 0.989. The zero-order chi connectivity index (χ0) is 19.4. The van der Waals surface area contributed by atoms with Crippen LogP contribution < -0.4 is 5.56 Å². The van der Waals surface area contributed by atoms with Crippen molar-refractivity contribution in [2.75, 3.05) is 45.8 Å². The molecule has 0 spiro atoms. The Hall–Kier alpha value is -2.25. The fourth-order valence-electron chi connectivity index (χ4n) is 3.59. The van der Waals surface area contributed by atoms with Gasteiger partial charge in [0, 0.05) is 58.1 Å². The Morgan fingerprint density at radius 1 is 1.15 bits per heavy atom. The average molecular weight is 371 g/mol. The van der Waals surface area contributed by atoms with E-state index < -0.39 is 0 Å². The summed E-state index contributed by atoms with van der Waals surface area (Å²) in [6.07, 6.45) is 1.76. The number of hydrogen-bond donors (Lipinski definition) is 0. The number of pyridine rings is 1. The Balaban J connectivity index is 1.60. The lowest BCUT2D eigenvalue weighted by atomic mass is 10.2. The first-order valence-electron chi connectivity index (χ1n) is 9.72. The van der Waals surface area contributed by atoms with Crippen LogP contribution in [0.3, 0.4) is 0 Å². The van der Waals surface area contributed by atoms with E-state index in [9.17, 15) is 9.59 Å². The summed E-state index contributed by atoms with van der Waals surface area (Å²) in [5, 5.41) is 0. The number of rotatable bonds is 6. The van der Waals surface area contributed by atoms with Crippen molar-refractivity contribution >= 4 is 11.6 Å². The lowest BCUT2D eigenvalue weighted by Gasteiger charge is -2.35. The second kappa shape index (κ2) is 8.63. The van der Waals surface area contributed by atoms with Gasteiger partial charge in [0.1, 0.15) is 5.65 Å². The summed E-state index contributed by atoms with van der Waals surface area (Å²) in [6.45, 7) is 12.1. The molecule has 0 aromatic carbocycles. The fourth-order valence-corrected chi connectivity index (χ4v) is 3.59. The molecule has 2 aromatic heterocycles. The van der Waals surface area contributed by atoms with Gasteiger partial charge in [-0.1, -0.05) is 6.07 Å². The normalized spacial score (nSPS) is 16.0. The van der Waals surface area contributed by atoms with Crippen molar-refractivity contribution < 1.29 is 4.79 Å². The average Bonchev–Trinajstić information content (AvgIpc) is 2.65. The first-order valence-corrected chi connectivity index (χ1v) is 9.72. The number of aromatic nitrogens is 2. The van der Waals surface area contributed by atoms with E-state index in [0.717, 1.165) is 56.2 Å². The van der Waals surface area contributed by atoms with Gasteiger partial charge in [-0.2, -0.15) is 0 Å². The molecule has 1 amide bonds. The number of hydrogen-bond acceptors (Lipinski definition) is 5. The Morgan fingerprint density at radius 2 is 1.81 bits per heavy atom. The van der Waals surface area contributed by atoms with E-state index >= 15 is 0 Å². The molecular weight excluding hydrogens is 342 g/mol. The molecular formula is C20H29N5O2. The third-order valence-corrected chi connectivity index (χ3v) is 5.26. The monoisotopic (exact) mass is 371 g/mol. The summed E-state index contributed by atoms with van der Waals surface area (Å²) in [6, 6.07) is 5.46. The molecule has 1 saturated heterocycles. The maximum atomic E-state index is 12.3. The molecule has 27 heavy (non-hydrogen) atoms. The number of likely N-dealkylation sites (N-methyl/N-ethyl adjacent to an activating group) is 1. The molecule has 0 radical (unpaired) electrons. The number of fused-ring (bicyclic) bond motifs is 1. The van der Waals surface area contributed by atoms with E-state index in [2.05, 4.69) is 14.8 Å². The second-order valence-corrected chi connectivity index (χ2v) is 7.09. The molecule has 1 aliphatic rings. The van der Waals surface area contributed by atoms with Crippen LogP contribution in [0.15, 0.2) is 29.2 Å². The first kappa shape index (κ1) is 19.5. The van der Waals surface area contributed by atoms with Crippen LogP contribution in [0.2, 0.25) is 0 Å². The molecule has 3 rings (SSSR count).